The number of allylic oxidation sites excluding steroid dienone is 1. The quantitative estimate of drug-likeness (QED) is 0.174. The molecule has 0 amide bonds. The molecule has 0 fully saturated rings. The first kappa shape index (κ1) is 37.3. The number of benzene rings is 10. The normalized spacial score (nSPS) is 17.2. The first-order valence-corrected chi connectivity index (χ1v) is 23.5. The maximum atomic E-state index is 7.24. The molecule has 0 aliphatic carbocycles. The lowest BCUT2D eigenvalue weighted by Gasteiger charge is -2.21. The molecular formula is C61H39N3OS. The van der Waals surface area contributed by atoms with Crippen molar-refractivity contribution in [1.29, 1.82) is 0 Å². The molecule has 66 heavy (non-hydrogen) atoms. The largest absolute Gasteiger partial charge is 0.454 e. The van der Waals surface area contributed by atoms with E-state index in [0.717, 1.165) is 84.0 Å². The molecule has 0 saturated heterocycles. The molecule has 5 heteroatoms. The van der Waals surface area contributed by atoms with Gasteiger partial charge >= 0.3 is 0 Å². The summed E-state index contributed by atoms with van der Waals surface area (Å²) in [4.78, 5) is 11.7. The number of hydrogen-bond donors (Lipinski definition) is 0. The average Bonchev–Trinajstić information content (AvgIpc) is 4.04. The van der Waals surface area contributed by atoms with Crippen molar-refractivity contribution in [3.63, 3.8) is 0 Å². The second kappa shape index (κ2) is 14.4. The maximum Gasteiger partial charge on any atom is 0.161 e. The number of furan rings is 1. The number of aromatic nitrogens is 1. The highest BCUT2D eigenvalue weighted by atomic mass is 32.1. The van der Waals surface area contributed by atoms with E-state index in [4.69, 9.17) is 14.4 Å². The van der Waals surface area contributed by atoms with E-state index in [1.165, 1.54) is 52.5 Å². The minimum atomic E-state index is 0.0764. The average molecular weight is 862 g/mol. The Kier molecular flexibility index (Phi) is 8.16. The Labute approximate surface area is 383 Å². The second-order valence-corrected chi connectivity index (χ2v) is 18.7. The molecule has 13 aromatic rings. The van der Waals surface area contributed by atoms with Gasteiger partial charge in [-0.15, -0.1) is 11.3 Å². The van der Waals surface area contributed by atoms with Crippen LogP contribution in [0.2, 0.25) is 0 Å². The summed E-state index contributed by atoms with van der Waals surface area (Å²) in [6.07, 6.45) is 3.13. The fourth-order valence-corrected chi connectivity index (χ4v) is 12.0. The SMILES string of the molecule is CC1C/C=C(c2cccc3c2sc2ccccc23)/N=C(c2c3ccccc3c(-n3c4ccccc4c4cc5ccccc5cc43)c3oc4ccccc4c23)\N=C/1c1cccc2ccccc12. The van der Waals surface area contributed by atoms with Crippen molar-refractivity contribution in [3.05, 3.63) is 217 Å². The van der Waals surface area contributed by atoms with Crippen molar-refractivity contribution in [2.45, 2.75) is 13.3 Å². The third-order valence-corrected chi connectivity index (χ3v) is 15.0. The summed E-state index contributed by atoms with van der Waals surface area (Å²) in [6, 6.07) is 70.0. The molecule has 4 heterocycles. The Hall–Kier alpha value is -8.12. The van der Waals surface area contributed by atoms with Crippen molar-refractivity contribution < 1.29 is 4.42 Å². The van der Waals surface area contributed by atoms with Gasteiger partial charge in [-0.2, -0.15) is 0 Å². The fourth-order valence-electron chi connectivity index (χ4n) is 10.8. The number of nitrogens with zero attached hydrogens (tertiary/aromatic N) is 3. The standard InChI is InChI=1S/C61H39N3OS/c1-36-32-33-50(47-28-15-27-46-42-22-10-13-31-54(42)66-60(46)47)62-61(63-57(36)44-26-14-19-37-16-4-5-20-40(37)44)56-43-23-6-7-24-45(43)58(59-55(56)48-25-9-12-30-53(48)65-59)64-51-29-11-8-21-41(51)49-34-38-17-2-3-18-39(38)35-52(49)64/h2-31,33-36H,32H2,1H3/b50-33+,62-61-,63-57+. The summed E-state index contributed by atoms with van der Waals surface area (Å²) in [7, 11) is 0. The van der Waals surface area contributed by atoms with E-state index >= 15 is 0 Å². The van der Waals surface area contributed by atoms with Crippen LogP contribution in [0.1, 0.15) is 30.0 Å². The number of thiophene rings is 1. The summed E-state index contributed by atoms with van der Waals surface area (Å²) in [5.41, 5.74) is 10.0. The van der Waals surface area contributed by atoms with Crippen LogP contribution in [0.3, 0.4) is 0 Å². The molecule has 310 valence electrons. The van der Waals surface area contributed by atoms with Gasteiger partial charge in [-0.05, 0) is 63.7 Å². The summed E-state index contributed by atoms with van der Waals surface area (Å²) in [5.74, 6) is 0.744. The summed E-state index contributed by atoms with van der Waals surface area (Å²) in [5, 5.41) is 13.8. The number of aliphatic imine (C=N–C) groups is 2. The van der Waals surface area contributed by atoms with Crippen LogP contribution in [0.4, 0.5) is 0 Å². The smallest absolute Gasteiger partial charge is 0.161 e. The Morgan fingerprint density at radius 2 is 1.15 bits per heavy atom. The molecule has 1 aliphatic heterocycles. The van der Waals surface area contributed by atoms with Gasteiger partial charge in [0.25, 0.3) is 0 Å². The molecular weight excluding hydrogens is 823 g/mol. The van der Waals surface area contributed by atoms with E-state index < -0.39 is 0 Å². The first-order chi connectivity index (χ1) is 32.7. The number of hydrogen-bond acceptors (Lipinski definition) is 4. The van der Waals surface area contributed by atoms with Gasteiger partial charge in [0.2, 0.25) is 0 Å². The van der Waals surface area contributed by atoms with E-state index in [1.54, 1.807) is 0 Å². The molecule has 4 nitrogen and oxygen atoms in total. The Morgan fingerprint density at radius 3 is 2.02 bits per heavy atom. The molecule has 10 aromatic carbocycles. The van der Waals surface area contributed by atoms with Crippen LogP contribution in [0.15, 0.2) is 215 Å². The Bertz CT molecular complexity index is 4290. The van der Waals surface area contributed by atoms with Crippen LogP contribution in [0.25, 0.3) is 108 Å². The Morgan fingerprint density at radius 1 is 0.515 bits per heavy atom. The van der Waals surface area contributed by atoms with Crippen LogP contribution in [0.5, 0.6) is 0 Å². The van der Waals surface area contributed by atoms with Crippen LogP contribution in [-0.2, 0) is 0 Å². The molecule has 1 aliphatic rings. The maximum absolute atomic E-state index is 7.24. The molecule has 0 saturated carbocycles. The molecule has 0 radical (unpaired) electrons. The molecule has 1 unspecified atom stereocenters. The Balaban J connectivity index is 1.14. The molecule has 1 atom stereocenters. The number of amidine groups is 1. The van der Waals surface area contributed by atoms with E-state index in [9.17, 15) is 0 Å². The molecule has 0 bridgehead atoms. The van der Waals surface area contributed by atoms with Gasteiger partial charge in [-0.3, -0.25) is 0 Å². The minimum Gasteiger partial charge on any atom is -0.454 e. The predicted molar refractivity (Wildman–Crippen MR) is 281 cm³/mol. The van der Waals surface area contributed by atoms with Crippen LogP contribution in [-0.4, -0.2) is 16.1 Å². The van der Waals surface area contributed by atoms with Gasteiger partial charge in [0.15, 0.2) is 11.4 Å². The van der Waals surface area contributed by atoms with Crippen molar-refractivity contribution in [1.82, 2.24) is 4.57 Å². The van der Waals surface area contributed by atoms with Gasteiger partial charge in [0, 0.05) is 69.7 Å². The molecule has 0 spiro atoms. The number of para-hydroxylation sites is 2. The van der Waals surface area contributed by atoms with Gasteiger partial charge < -0.3 is 8.98 Å². The van der Waals surface area contributed by atoms with Crippen molar-refractivity contribution in [2.24, 2.45) is 15.9 Å². The van der Waals surface area contributed by atoms with Crippen molar-refractivity contribution in [3.8, 4) is 5.69 Å². The highest BCUT2D eigenvalue weighted by molar-refractivity contribution is 7.26. The van der Waals surface area contributed by atoms with Crippen molar-refractivity contribution >= 4 is 125 Å². The topological polar surface area (TPSA) is 42.8 Å². The summed E-state index contributed by atoms with van der Waals surface area (Å²) >= 11 is 1.84. The molecule has 3 aromatic heterocycles. The van der Waals surface area contributed by atoms with Gasteiger partial charge in [-0.1, -0.05) is 177 Å². The molecule has 0 N–H and O–H groups in total. The fraction of sp³-hybridized carbons (Fsp3) is 0.0492. The van der Waals surface area contributed by atoms with Crippen LogP contribution < -0.4 is 0 Å². The van der Waals surface area contributed by atoms with Gasteiger partial charge in [0.1, 0.15) is 5.58 Å². The highest BCUT2D eigenvalue weighted by Gasteiger charge is 2.29. The van der Waals surface area contributed by atoms with Crippen LogP contribution in [0, 0.1) is 5.92 Å². The van der Waals surface area contributed by atoms with E-state index in [1.807, 2.05) is 11.3 Å². The van der Waals surface area contributed by atoms with Gasteiger partial charge in [-0.25, -0.2) is 9.98 Å². The van der Waals surface area contributed by atoms with E-state index in [2.05, 4.69) is 212 Å². The zero-order valence-corrected chi connectivity index (χ0v) is 36.8. The predicted octanol–water partition coefficient (Wildman–Crippen LogP) is 16.8. The van der Waals surface area contributed by atoms with E-state index in [0.29, 0.717) is 5.84 Å². The minimum absolute atomic E-state index is 0.0764. The first-order valence-electron chi connectivity index (χ1n) is 22.7. The lowest BCUT2D eigenvalue weighted by atomic mass is 9.90. The molecule has 14 rings (SSSR count). The van der Waals surface area contributed by atoms with Crippen molar-refractivity contribution in [2.75, 3.05) is 0 Å². The second-order valence-electron chi connectivity index (χ2n) is 17.6. The van der Waals surface area contributed by atoms with E-state index in [-0.39, 0.29) is 5.92 Å². The van der Waals surface area contributed by atoms with Crippen LogP contribution >= 0.6 is 11.3 Å². The number of fused-ring (bicyclic) bond motifs is 12. The third kappa shape index (κ3) is 5.50. The zero-order chi connectivity index (χ0) is 43.5. The van der Waals surface area contributed by atoms with Gasteiger partial charge in [0.05, 0.1) is 28.1 Å². The summed E-state index contributed by atoms with van der Waals surface area (Å²) in [6.45, 7) is 2.31. The third-order valence-electron chi connectivity index (χ3n) is 13.8. The number of rotatable bonds is 4. The zero-order valence-electron chi connectivity index (χ0n) is 36.0. The summed E-state index contributed by atoms with van der Waals surface area (Å²) < 4.78 is 12.2. The lowest BCUT2D eigenvalue weighted by molar-refractivity contribution is 0.667. The monoisotopic (exact) mass is 861 g/mol. The highest BCUT2D eigenvalue weighted by Crippen LogP contribution is 2.46. The lowest BCUT2D eigenvalue weighted by Crippen LogP contribution is -2.18.